The molecule has 0 amide bonds. The molecule has 0 atom stereocenters. The Kier molecular flexibility index (Phi) is 2.39. The Labute approximate surface area is 160 Å². The van der Waals surface area contributed by atoms with Gasteiger partial charge in [-0.2, -0.15) is 0 Å². The first-order valence-corrected chi connectivity index (χ1v) is 9.57. The van der Waals surface area contributed by atoms with E-state index in [1.807, 2.05) is 6.20 Å². The Bertz CT molecular complexity index is 1730. The summed E-state index contributed by atoms with van der Waals surface area (Å²) in [5.41, 5.74) is 8.24. The van der Waals surface area contributed by atoms with Crippen LogP contribution in [0.5, 0.6) is 0 Å². The van der Waals surface area contributed by atoms with Crippen LogP contribution in [0.3, 0.4) is 0 Å². The number of aromatic nitrogens is 2. The van der Waals surface area contributed by atoms with Crippen molar-refractivity contribution in [3.8, 4) is 0 Å². The Morgan fingerprint density at radius 2 is 1.68 bits per heavy atom. The number of nitrogens with zero attached hydrogens (tertiary/aromatic N) is 2. The highest BCUT2D eigenvalue weighted by Crippen LogP contribution is 2.45. The molecule has 0 saturated heterocycles. The first-order chi connectivity index (χ1) is 13.7. The summed E-state index contributed by atoms with van der Waals surface area (Å²) in [5, 5.41) is 7.20. The van der Waals surface area contributed by atoms with Gasteiger partial charge in [0.1, 0.15) is 5.58 Å². The van der Waals surface area contributed by atoms with Crippen molar-refractivity contribution in [2.45, 2.75) is 13.8 Å². The van der Waals surface area contributed by atoms with E-state index in [0.29, 0.717) is 0 Å². The quantitative estimate of drug-likeness (QED) is 0.221. The van der Waals surface area contributed by atoms with Crippen molar-refractivity contribution in [2.24, 2.45) is 0 Å². The van der Waals surface area contributed by atoms with Crippen LogP contribution in [-0.4, -0.2) is 9.38 Å². The third-order valence-electron chi connectivity index (χ3n) is 6.17. The van der Waals surface area contributed by atoms with Gasteiger partial charge in [-0.25, -0.2) is 0 Å². The Hall–Kier alpha value is -3.59. The van der Waals surface area contributed by atoms with Crippen LogP contribution in [0.4, 0.5) is 0 Å². The third-order valence-corrected chi connectivity index (χ3v) is 6.17. The van der Waals surface area contributed by atoms with Crippen LogP contribution in [0.1, 0.15) is 11.1 Å². The average Bonchev–Trinajstić information content (AvgIpc) is 3.30. The fourth-order valence-electron chi connectivity index (χ4n) is 5.23. The van der Waals surface area contributed by atoms with Crippen molar-refractivity contribution in [1.29, 1.82) is 0 Å². The van der Waals surface area contributed by atoms with Crippen molar-refractivity contribution < 1.29 is 4.42 Å². The van der Waals surface area contributed by atoms with Crippen LogP contribution in [-0.2, 0) is 0 Å². The molecule has 0 unspecified atom stereocenters. The lowest BCUT2D eigenvalue weighted by molar-refractivity contribution is 0.619. The van der Waals surface area contributed by atoms with Crippen LogP contribution in [0.2, 0.25) is 0 Å². The maximum atomic E-state index is 5.97. The van der Waals surface area contributed by atoms with Gasteiger partial charge in [0.2, 0.25) is 0 Å². The molecule has 0 aliphatic rings. The minimum Gasteiger partial charge on any atom is -0.464 e. The lowest BCUT2D eigenvalue weighted by Gasteiger charge is -2.15. The lowest BCUT2D eigenvalue weighted by atomic mass is 9.98. The standard InChI is InChI=1S/C25H16N2O/c1-13-11-14(2)23-18(12-13)22-21-16(7-9-26-22)25-17(8-10-28-25)20-15-5-3-4-6-19(15)27(23)24(20)21/h3-12H,1-2H3. The van der Waals surface area contributed by atoms with Crippen molar-refractivity contribution in [1.82, 2.24) is 9.38 Å². The van der Waals surface area contributed by atoms with Gasteiger partial charge in [-0.3, -0.25) is 4.98 Å². The SMILES string of the molecule is Cc1cc(C)c2c(c1)c1nccc3c4occc4c4c5ccccc5n2c4c31. The van der Waals surface area contributed by atoms with Crippen LogP contribution >= 0.6 is 0 Å². The summed E-state index contributed by atoms with van der Waals surface area (Å²) in [7, 11) is 0. The van der Waals surface area contributed by atoms with Crippen molar-refractivity contribution in [3.63, 3.8) is 0 Å². The Morgan fingerprint density at radius 1 is 0.821 bits per heavy atom. The number of benzene rings is 3. The van der Waals surface area contributed by atoms with Gasteiger partial charge < -0.3 is 8.82 Å². The molecule has 3 nitrogen and oxygen atoms in total. The molecule has 28 heavy (non-hydrogen) atoms. The van der Waals surface area contributed by atoms with Gasteiger partial charge in [-0.05, 0) is 43.7 Å². The number of hydrogen-bond acceptors (Lipinski definition) is 2. The summed E-state index contributed by atoms with van der Waals surface area (Å²) in [4.78, 5) is 4.85. The van der Waals surface area contributed by atoms with Gasteiger partial charge in [0.25, 0.3) is 0 Å². The molecule has 4 heterocycles. The van der Waals surface area contributed by atoms with Gasteiger partial charge in [0, 0.05) is 38.5 Å². The van der Waals surface area contributed by atoms with Crippen molar-refractivity contribution in [2.75, 3.05) is 0 Å². The Balaban J connectivity index is 2.05. The third kappa shape index (κ3) is 1.48. The second kappa shape index (κ2) is 4.63. The summed E-state index contributed by atoms with van der Waals surface area (Å²) < 4.78 is 8.42. The highest BCUT2D eigenvalue weighted by molar-refractivity contribution is 6.36. The number of fused-ring (bicyclic) bond motifs is 9. The molecule has 3 heteroatoms. The second-order valence-electron chi connectivity index (χ2n) is 7.80. The van der Waals surface area contributed by atoms with Crippen LogP contribution in [0, 0.1) is 13.8 Å². The van der Waals surface area contributed by atoms with E-state index < -0.39 is 0 Å². The number of para-hydroxylation sites is 1. The molecular formula is C25H16N2O. The van der Waals surface area contributed by atoms with Crippen molar-refractivity contribution >= 4 is 60.0 Å². The molecule has 0 N–H and O–H groups in total. The van der Waals surface area contributed by atoms with E-state index in [-0.39, 0.29) is 0 Å². The van der Waals surface area contributed by atoms with E-state index in [0.717, 1.165) is 16.5 Å². The number of hydrogen-bond donors (Lipinski definition) is 0. The largest absolute Gasteiger partial charge is 0.464 e. The molecule has 0 fully saturated rings. The molecular weight excluding hydrogens is 344 g/mol. The molecule has 0 radical (unpaired) electrons. The first kappa shape index (κ1) is 14.5. The molecule has 132 valence electrons. The predicted molar refractivity (Wildman–Crippen MR) is 116 cm³/mol. The summed E-state index contributed by atoms with van der Waals surface area (Å²) in [6, 6.07) is 17.4. The zero-order valence-corrected chi connectivity index (χ0v) is 15.6. The molecule has 3 aromatic carbocycles. The van der Waals surface area contributed by atoms with E-state index >= 15 is 0 Å². The molecule has 7 rings (SSSR count). The van der Waals surface area contributed by atoms with Crippen LogP contribution < -0.4 is 0 Å². The number of pyridine rings is 2. The maximum absolute atomic E-state index is 5.97. The van der Waals surface area contributed by atoms with E-state index in [9.17, 15) is 0 Å². The minimum absolute atomic E-state index is 0.946. The van der Waals surface area contributed by atoms with Gasteiger partial charge in [0.05, 0.1) is 28.3 Å². The van der Waals surface area contributed by atoms with Gasteiger partial charge in [-0.15, -0.1) is 0 Å². The zero-order valence-electron chi connectivity index (χ0n) is 15.6. The first-order valence-electron chi connectivity index (χ1n) is 9.57. The molecule has 7 aromatic rings. The molecule has 0 saturated carbocycles. The minimum atomic E-state index is 0.946. The van der Waals surface area contributed by atoms with Crippen LogP contribution in [0.25, 0.3) is 60.0 Å². The summed E-state index contributed by atoms with van der Waals surface area (Å²) in [6.45, 7) is 4.36. The molecule has 4 aromatic heterocycles. The fraction of sp³-hybridized carbons (Fsp3) is 0.0800. The van der Waals surface area contributed by atoms with Crippen LogP contribution in [0.15, 0.2) is 65.4 Å². The van der Waals surface area contributed by atoms with Crippen molar-refractivity contribution in [3.05, 3.63) is 72.1 Å². The maximum Gasteiger partial charge on any atom is 0.142 e. The molecule has 0 spiro atoms. The number of rotatable bonds is 0. The van der Waals surface area contributed by atoms with E-state index in [1.54, 1.807) is 6.26 Å². The van der Waals surface area contributed by atoms with E-state index in [2.05, 4.69) is 66.8 Å². The summed E-state index contributed by atoms with van der Waals surface area (Å²) >= 11 is 0. The molecule has 0 bridgehead atoms. The topological polar surface area (TPSA) is 30.4 Å². The monoisotopic (exact) mass is 360 g/mol. The average molecular weight is 360 g/mol. The normalized spacial score (nSPS) is 12.6. The highest BCUT2D eigenvalue weighted by atomic mass is 16.3. The van der Waals surface area contributed by atoms with Gasteiger partial charge >= 0.3 is 0 Å². The smallest absolute Gasteiger partial charge is 0.142 e. The predicted octanol–water partition coefficient (Wildman–Crippen LogP) is 6.75. The van der Waals surface area contributed by atoms with E-state index in [1.165, 1.54) is 54.6 Å². The van der Waals surface area contributed by atoms with Gasteiger partial charge in [-0.1, -0.05) is 29.8 Å². The van der Waals surface area contributed by atoms with E-state index in [4.69, 9.17) is 9.40 Å². The summed E-state index contributed by atoms with van der Waals surface area (Å²) in [5.74, 6) is 0. The highest BCUT2D eigenvalue weighted by Gasteiger charge is 2.23. The summed E-state index contributed by atoms with van der Waals surface area (Å²) in [6.07, 6.45) is 3.71. The zero-order chi connectivity index (χ0) is 18.6. The lowest BCUT2D eigenvalue weighted by Crippen LogP contribution is -1.97. The number of aryl methyl sites for hydroxylation is 2. The molecule has 0 aliphatic heterocycles. The van der Waals surface area contributed by atoms with Gasteiger partial charge in [0.15, 0.2) is 0 Å². The Morgan fingerprint density at radius 3 is 2.61 bits per heavy atom. The second-order valence-corrected chi connectivity index (χ2v) is 7.80. The molecule has 0 aliphatic carbocycles. The number of furan rings is 1. The fourth-order valence-corrected chi connectivity index (χ4v) is 5.23.